The molecule has 0 radical (unpaired) electrons. The van der Waals surface area contributed by atoms with E-state index in [1.807, 2.05) is 19.9 Å². The zero-order chi connectivity index (χ0) is 22.8. The van der Waals surface area contributed by atoms with Crippen LogP contribution in [0.15, 0.2) is 58.4 Å². The lowest BCUT2D eigenvalue weighted by molar-refractivity contribution is -0.123. The Hall–Kier alpha value is -3.17. The van der Waals surface area contributed by atoms with Crippen LogP contribution in [0.4, 0.5) is 0 Å². The minimum absolute atomic E-state index is 0.0338. The maximum atomic E-state index is 13.3. The van der Waals surface area contributed by atoms with Crippen molar-refractivity contribution in [3.63, 3.8) is 0 Å². The lowest BCUT2D eigenvalue weighted by Gasteiger charge is -2.21. The van der Waals surface area contributed by atoms with Gasteiger partial charge < -0.3 is 9.47 Å². The molecule has 3 aromatic rings. The van der Waals surface area contributed by atoms with E-state index in [-0.39, 0.29) is 29.0 Å². The second-order valence-electron chi connectivity index (χ2n) is 7.13. The SMILES string of the molecule is CCC(C)N1C(=O)C(=Cc2c(Oc3ccccc3OC)nc3ccccn3c2=O)SC1=S. The van der Waals surface area contributed by atoms with Crippen molar-refractivity contribution in [2.75, 3.05) is 7.11 Å². The summed E-state index contributed by atoms with van der Waals surface area (Å²) in [6, 6.07) is 12.3. The lowest BCUT2D eigenvalue weighted by Crippen LogP contribution is -2.36. The number of rotatable bonds is 6. The molecule has 1 amide bonds. The van der Waals surface area contributed by atoms with Gasteiger partial charge in [-0.15, -0.1) is 0 Å². The molecule has 1 saturated heterocycles. The molecule has 1 fully saturated rings. The summed E-state index contributed by atoms with van der Waals surface area (Å²) in [6.07, 6.45) is 3.91. The highest BCUT2D eigenvalue weighted by Gasteiger charge is 2.35. The Morgan fingerprint density at radius 2 is 1.88 bits per heavy atom. The number of thiocarbonyl (C=S) groups is 1. The first-order valence-electron chi connectivity index (χ1n) is 10.0. The average Bonchev–Trinajstić information content (AvgIpc) is 3.09. The van der Waals surface area contributed by atoms with E-state index in [9.17, 15) is 9.59 Å². The number of thioether (sulfide) groups is 1. The van der Waals surface area contributed by atoms with Crippen LogP contribution in [0.2, 0.25) is 0 Å². The van der Waals surface area contributed by atoms with Crippen molar-refractivity contribution in [2.24, 2.45) is 0 Å². The van der Waals surface area contributed by atoms with Crippen molar-refractivity contribution in [3.05, 3.63) is 69.5 Å². The fourth-order valence-corrected chi connectivity index (χ4v) is 4.71. The van der Waals surface area contributed by atoms with E-state index >= 15 is 0 Å². The van der Waals surface area contributed by atoms with Crippen LogP contribution in [0.3, 0.4) is 0 Å². The molecule has 0 aliphatic carbocycles. The topological polar surface area (TPSA) is 73.1 Å². The van der Waals surface area contributed by atoms with E-state index in [1.165, 1.54) is 29.3 Å². The van der Waals surface area contributed by atoms with Crippen LogP contribution >= 0.6 is 24.0 Å². The first-order chi connectivity index (χ1) is 15.4. The Morgan fingerprint density at radius 1 is 1.16 bits per heavy atom. The average molecular weight is 468 g/mol. The summed E-state index contributed by atoms with van der Waals surface area (Å²) in [7, 11) is 1.53. The van der Waals surface area contributed by atoms with Gasteiger partial charge in [-0.05, 0) is 43.7 Å². The maximum Gasteiger partial charge on any atom is 0.269 e. The molecule has 1 aliphatic rings. The van der Waals surface area contributed by atoms with Gasteiger partial charge in [-0.1, -0.05) is 49.1 Å². The predicted octanol–water partition coefficient (Wildman–Crippen LogP) is 4.50. The highest BCUT2D eigenvalue weighted by molar-refractivity contribution is 8.26. The normalized spacial score (nSPS) is 16.1. The number of hydrogen-bond acceptors (Lipinski definition) is 7. The molecule has 1 unspecified atom stereocenters. The van der Waals surface area contributed by atoms with E-state index < -0.39 is 0 Å². The number of ether oxygens (including phenoxy) is 2. The number of para-hydroxylation sites is 2. The summed E-state index contributed by atoms with van der Waals surface area (Å²) in [5.41, 5.74) is 0.227. The second-order valence-corrected chi connectivity index (χ2v) is 8.80. The van der Waals surface area contributed by atoms with E-state index in [0.717, 1.165) is 6.42 Å². The number of amides is 1. The van der Waals surface area contributed by atoms with Crippen LogP contribution in [0.5, 0.6) is 17.4 Å². The molecule has 0 spiro atoms. The third kappa shape index (κ3) is 4.01. The van der Waals surface area contributed by atoms with Crippen molar-refractivity contribution < 1.29 is 14.3 Å². The van der Waals surface area contributed by atoms with Gasteiger partial charge in [0.05, 0.1) is 12.0 Å². The lowest BCUT2D eigenvalue weighted by atomic mass is 10.2. The van der Waals surface area contributed by atoms with E-state index in [4.69, 9.17) is 21.7 Å². The minimum Gasteiger partial charge on any atom is -0.493 e. The maximum absolute atomic E-state index is 13.3. The largest absolute Gasteiger partial charge is 0.493 e. The molecular formula is C23H21N3O4S2. The van der Waals surface area contributed by atoms with Crippen molar-refractivity contribution in [1.29, 1.82) is 0 Å². The number of aromatic nitrogens is 2. The molecule has 3 heterocycles. The van der Waals surface area contributed by atoms with Crippen molar-refractivity contribution in [1.82, 2.24) is 14.3 Å². The monoisotopic (exact) mass is 467 g/mol. The second kappa shape index (κ2) is 9.13. The first-order valence-corrected chi connectivity index (χ1v) is 11.3. The summed E-state index contributed by atoms with van der Waals surface area (Å²) in [4.78, 5) is 32.8. The number of nitrogens with zero attached hydrogens (tertiary/aromatic N) is 3. The summed E-state index contributed by atoms with van der Waals surface area (Å²) < 4.78 is 13.3. The van der Waals surface area contributed by atoms with Crippen molar-refractivity contribution >= 4 is 45.9 Å². The zero-order valence-electron chi connectivity index (χ0n) is 17.8. The van der Waals surface area contributed by atoms with E-state index in [2.05, 4.69) is 4.98 Å². The third-order valence-electron chi connectivity index (χ3n) is 5.14. The summed E-state index contributed by atoms with van der Waals surface area (Å²) in [5.74, 6) is 0.759. The zero-order valence-corrected chi connectivity index (χ0v) is 19.4. The third-order valence-corrected chi connectivity index (χ3v) is 6.47. The van der Waals surface area contributed by atoms with E-state index in [1.54, 1.807) is 47.5 Å². The summed E-state index contributed by atoms with van der Waals surface area (Å²) in [5, 5.41) is 0. The molecule has 7 nitrogen and oxygen atoms in total. The van der Waals surface area contributed by atoms with Gasteiger partial charge in [0.2, 0.25) is 5.88 Å². The van der Waals surface area contributed by atoms with Gasteiger partial charge in [0.1, 0.15) is 15.5 Å². The van der Waals surface area contributed by atoms with Crippen LogP contribution in [0.25, 0.3) is 11.7 Å². The Balaban J connectivity index is 1.87. The highest BCUT2D eigenvalue weighted by Crippen LogP contribution is 2.36. The molecule has 1 atom stereocenters. The Labute approximate surface area is 194 Å². The molecule has 0 bridgehead atoms. The minimum atomic E-state index is -0.352. The molecule has 4 rings (SSSR count). The Kier molecular flexibility index (Phi) is 6.29. The molecule has 9 heteroatoms. The molecule has 2 aromatic heterocycles. The molecule has 32 heavy (non-hydrogen) atoms. The molecule has 1 aromatic carbocycles. The van der Waals surface area contributed by atoms with Gasteiger partial charge in [-0.2, -0.15) is 4.98 Å². The summed E-state index contributed by atoms with van der Waals surface area (Å²) >= 11 is 6.58. The molecule has 1 aliphatic heterocycles. The first kappa shape index (κ1) is 22.0. The van der Waals surface area contributed by atoms with Crippen LogP contribution < -0.4 is 15.0 Å². The predicted molar refractivity (Wildman–Crippen MR) is 129 cm³/mol. The van der Waals surface area contributed by atoms with Crippen LogP contribution in [-0.4, -0.2) is 37.7 Å². The van der Waals surface area contributed by atoms with Gasteiger partial charge in [-0.3, -0.25) is 18.9 Å². The number of carbonyl (C=O) groups excluding carboxylic acids is 1. The van der Waals surface area contributed by atoms with Gasteiger partial charge in [0.15, 0.2) is 11.5 Å². The molecule has 164 valence electrons. The van der Waals surface area contributed by atoms with Gasteiger partial charge in [-0.25, -0.2) is 0 Å². The van der Waals surface area contributed by atoms with Crippen LogP contribution in [0, 0.1) is 0 Å². The fraction of sp³-hybridized carbons (Fsp3) is 0.217. The highest BCUT2D eigenvalue weighted by atomic mass is 32.2. The Bertz CT molecular complexity index is 1300. The van der Waals surface area contributed by atoms with Gasteiger partial charge in [0.25, 0.3) is 11.5 Å². The van der Waals surface area contributed by atoms with E-state index in [0.29, 0.717) is 26.4 Å². The van der Waals surface area contributed by atoms with Gasteiger partial charge >= 0.3 is 0 Å². The van der Waals surface area contributed by atoms with Gasteiger partial charge in [0, 0.05) is 12.2 Å². The quantitative estimate of drug-likeness (QED) is 0.390. The fourth-order valence-electron chi connectivity index (χ4n) is 3.26. The van der Waals surface area contributed by atoms with Crippen molar-refractivity contribution in [3.8, 4) is 17.4 Å². The number of benzene rings is 1. The number of methoxy groups -OCH3 is 1. The Morgan fingerprint density at radius 3 is 2.59 bits per heavy atom. The van der Waals surface area contributed by atoms with Crippen LogP contribution in [0.1, 0.15) is 25.8 Å². The number of carbonyl (C=O) groups is 1. The number of hydrogen-bond donors (Lipinski definition) is 0. The summed E-state index contributed by atoms with van der Waals surface area (Å²) in [6.45, 7) is 3.93. The molecule has 0 N–H and O–H groups in total. The van der Waals surface area contributed by atoms with Crippen LogP contribution in [-0.2, 0) is 4.79 Å². The molecule has 0 saturated carbocycles. The standard InChI is InChI=1S/C23H21N3O4S2/c1-4-14(2)26-22(28)18(32-23(26)31)13-15-20(30-17-10-6-5-9-16(17)29-3)24-19-11-7-8-12-25(19)21(15)27/h5-14H,4H2,1-3H3. The number of fused-ring (bicyclic) bond motifs is 1. The molecular weight excluding hydrogens is 446 g/mol. The van der Waals surface area contributed by atoms with Crippen molar-refractivity contribution in [2.45, 2.75) is 26.3 Å². The number of pyridine rings is 1. The smallest absolute Gasteiger partial charge is 0.269 e.